The van der Waals surface area contributed by atoms with Gasteiger partial charge in [-0.25, -0.2) is 14.4 Å². The lowest BCUT2D eigenvalue weighted by molar-refractivity contribution is 0.271. The second-order valence-electron chi connectivity index (χ2n) is 3.02. The molecule has 0 amide bonds. The molecule has 0 fully saturated rings. The number of para-hydroxylation sites is 1. The standard InChI is InChI=1S/C10H9FN2O/c1-6-7-3-2-4-8(11)10(7)13-9(5-14)12-6/h2-4,14H,5H2,1H3. The van der Waals surface area contributed by atoms with Gasteiger partial charge in [0.1, 0.15) is 17.9 Å². The van der Waals surface area contributed by atoms with E-state index in [1.807, 2.05) is 0 Å². The Bertz CT molecular complexity index is 485. The molecule has 0 spiro atoms. The van der Waals surface area contributed by atoms with Crippen LogP contribution in [0.1, 0.15) is 11.5 Å². The number of rotatable bonds is 1. The molecule has 0 unspecified atom stereocenters. The monoisotopic (exact) mass is 192 g/mol. The van der Waals surface area contributed by atoms with Gasteiger partial charge in [0, 0.05) is 11.1 Å². The van der Waals surface area contributed by atoms with Crippen molar-refractivity contribution in [1.29, 1.82) is 0 Å². The minimum absolute atomic E-state index is 0.250. The summed E-state index contributed by atoms with van der Waals surface area (Å²) in [7, 11) is 0. The normalized spacial score (nSPS) is 10.8. The molecule has 0 radical (unpaired) electrons. The predicted octanol–water partition coefficient (Wildman–Crippen LogP) is 1.57. The summed E-state index contributed by atoms with van der Waals surface area (Å²) in [6.07, 6.45) is 0. The summed E-state index contributed by atoms with van der Waals surface area (Å²) in [4.78, 5) is 7.95. The Labute approximate surface area is 80.2 Å². The van der Waals surface area contributed by atoms with E-state index in [4.69, 9.17) is 5.11 Å². The molecule has 0 saturated carbocycles. The molecular weight excluding hydrogens is 183 g/mol. The summed E-state index contributed by atoms with van der Waals surface area (Å²) in [5.74, 6) is -0.136. The fourth-order valence-electron chi connectivity index (χ4n) is 1.40. The third-order valence-electron chi connectivity index (χ3n) is 2.06. The Morgan fingerprint density at radius 1 is 1.36 bits per heavy atom. The van der Waals surface area contributed by atoms with Crippen LogP contribution >= 0.6 is 0 Å². The number of benzene rings is 1. The summed E-state index contributed by atoms with van der Waals surface area (Å²) < 4.78 is 13.3. The van der Waals surface area contributed by atoms with Gasteiger partial charge in [0.2, 0.25) is 0 Å². The van der Waals surface area contributed by atoms with Crippen molar-refractivity contribution in [3.8, 4) is 0 Å². The third-order valence-corrected chi connectivity index (χ3v) is 2.06. The van der Waals surface area contributed by atoms with Crippen LogP contribution in [0.5, 0.6) is 0 Å². The number of nitrogens with zero attached hydrogens (tertiary/aromatic N) is 2. The summed E-state index contributed by atoms with van der Waals surface area (Å²) >= 11 is 0. The summed E-state index contributed by atoms with van der Waals surface area (Å²) in [5, 5.41) is 9.55. The molecule has 0 saturated heterocycles. The maximum atomic E-state index is 13.3. The van der Waals surface area contributed by atoms with E-state index in [1.54, 1.807) is 19.1 Å². The fourth-order valence-corrected chi connectivity index (χ4v) is 1.40. The predicted molar refractivity (Wildman–Crippen MR) is 50.2 cm³/mol. The molecule has 14 heavy (non-hydrogen) atoms. The summed E-state index contributed by atoms with van der Waals surface area (Å²) in [6.45, 7) is 1.49. The molecule has 0 aliphatic carbocycles. The van der Waals surface area contributed by atoms with Crippen LogP contribution in [0.2, 0.25) is 0 Å². The van der Waals surface area contributed by atoms with Gasteiger partial charge in [-0.2, -0.15) is 0 Å². The molecule has 2 aromatic rings. The van der Waals surface area contributed by atoms with E-state index in [2.05, 4.69) is 9.97 Å². The van der Waals surface area contributed by atoms with E-state index in [9.17, 15) is 4.39 Å². The zero-order valence-corrected chi connectivity index (χ0v) is 7.66. The zero-order valence-electron chi connectivity index (χ0n) is 7.66. The van der Waals surface area contributed by atoms with Crippen molar-refractivity contribution in [2.24, 2.45) is 0 Å². The highest BCUT2D eigenvalue weighted by molar-refractivity contribution is 5.81. The van der Waals surface area contributed by atoms with Crippen molar-refractivity contribution in [2.75, 3.05) is 0 Å². The molecular formula is C10H9FN2O. The molecule has 0 aliphatic rings. The molecule has 0 bridgehead atoms. The highest BCUT2D eigenvalue weighted by atomic mass is 19.1. The molecule has 72 valence electrons. The molecule has 1 aromatic heterocycles. The molecule has 4 heteroatoms. The van der Waals surface area contributed by atoms with E-state index in [0.29, 0.717) is 11.1 Å². The summed E-state index contributed by atoms with van der Waals surface area (Å²) in [6, 6.07) is 4.72. The smallest absolute Gasteiger partial charge is 0.154 e. The van der Waals surface area contributed by atoms with E-state index in [0.717, 1.165) is 0 Å². The number of aryl methyl sites for hydroxylation is 1. The van der Waals surface area contributed by atoms with Crippen molar-refractivity contribution < 1.29 is 9.50 Å². The number of aromatic nitrogens is 2. The molecule has 3 nitrogen and oxygen atoms in total. The molecule has 2 rings (SSSR count). The molecule has 0 aliphatic heterocycles. The van der Waals surface area contributed by atoms with Crippen LogP contribution in [0, 0.1) is 12.7 Å². The van der Waals surface area contributed by atoms with Crippen LogP contribution < -0.4 is 0 Å². The van der Waals surface area contributed by atoms with Crippen LogP contribution in [-0.2, 0) is 6.61 Å². The fraction of sp³-hybridized carbons (Fsp3) is 0.200. The molecule has 1 heterocycles. The Balaban J connectivity index is 2.83. The lowest BCUT2D eigenvalue weighted by Gasteiger charge is -2.03. The molecule has 1 N–H and O–H groups in total. The largest absolute Gasteiger partial charge is 0.388 e. The lowest BCUT2D eigenvalue weighted by Crippen LogP contribution is -1.99. The zero-order chi connectivity index (χ0) is 10.1. The minimum atomic E-state index is -0.386. The Morgan fingerprint density at radius 3 is 2.86 bits per heavy atom. The van der Waals surface area contributed by atoms with Crippen LogP contribution in [-0.4, -0.2) is 15.1 Å². The van der Waals surface area contributed by atoms with E-state index < -0.39 is 0 Å². The Hall–Kier alpha value is -1.55. The van der Waals surface area contributed by atoms with E-state index in [-0.39, 0.29) is 23.8 Å². The van der Waals surface area contributed by atoms with Gasteiger partial charge in [0.05, 0.1) is 0 Å². The topological polar surface area (TPSA) is 46.0 Å². The first-order valence-electron chi connectivity index (χ1n) is 4.25. The average Bonchev–Trinajstić information content (AvgIpc) is 2.19. The van der Waals surface area contributed by atoms with Gasteiger partial charge in [-0.15, -0.1) is 0 Å². The number of aliphatic hydroxyl groups is 1. The highest BCUT2D eigenvalue weighted by Gasteiger charge is 2.06. The van der Waals surface area contributed by atoms with Crippen molar-refractivity contribution >= 4 is 10.9 Å². The van der Waals surface area contributed by atoms with E-state index in [1.165, 1.54) is 6.07 Å². The van der Waals surface area contributed by atoms with Crippen LogP contribution in [0.15, 0.2) is 18.2 Å². The number of halogens is 1. The van der Waals surface area contributed by atoms with Gasteiger partial charge in [0.25, 0.3) is 0 Å². The number of fused-ring (bicyclic) bond motifs is 1. The first kappa shape index (κ1) is 9.02. The number of hydrogen-bond donors (Lipinski definition) is 1. The molecule has 1 aromatic carbocycles. The van der Waals surface area contributed by atoms with Crippen molar-refractivity contribution in [2.45, 2.75) is 13.5 Å². The van der Waals surface area contributed by atoms with Gasteiger partial charge >= 0.3 is 0 Å². The van der Waals surface area contributed by atoms with Gasteiger partial charge < -0.3 is 5.11 Å². The SMILES string of the molecule is Cc1nc(CO)nc2c(F)cccc12. The van der Waals surface area contributed by atoms with Crippen LogP contribution in [0.4, 0.5) is 4.39 Å². The first-order valence-corrected chi connectivity index (χ1v) is 4.25. The van der Waals surface area contributed by atoms with Crippen molar-refractivity contribution in [3.63, 3.8) is 0 Å². The highest BCUT2D eigenvalue weighted by Crippen LogP contribution is 2.17. The number of hydrogen-bond acceptors (Lipinski definition) is 3. The van der Waals surface area contributed by atoms with Gasteiger partial charge in [-0.05, 0) is 13.0 Å². The van der Waals surface area contributed by atoms with Crippen LogP contribution in [0.3, 0.4) is 0 Å². The number of aliphatic hydroxyl groups excluding tert-OH is 1. The maximum Gasteiger partial charge on any atom is 0.154 e. The van der Waals surface area contributed by atoms with Crippen molar-refractivity contribution in [3.05, 3.63) is 35.5 Å². The first-order chi connectivity index (χ1) is 6.72. The lowest BCUT2D eigenvalue weighted by atomic mass is 10.2. The quantitative estimate of drug-likeness (QED) is 0.746. The van der Waals surface area contributed by atoms with E-state index >= 15 is 0 Å². The van der Waals surface area contributed by atoms with Gasteiger partial charge in [0.15, 0.2) is 5.82 Å². The van der Waals surface area contributed by atoms with Gasteiger partial charge in [-0.3, -0.25) is 0 Å². The van der Waals surface area contributed by atoms with Gasteiger partial charge in [-0.1, -0.05) is 12.1 Å². The molecule has 0 atom stereocenters. The maximum absolute atomic E-state index is 13.3. The van der Waals surface area contributed by atoms with Crippen LogP contribution in [0.25, 0.3) is 10.9 Å². The second-order valence-corrected chi connectivity index (χ2v) is 3.02. The van der Waals surface area contributed by atoms with Crippen molar-refractivity contribution in [1.82, 2.24) is 9.97 Å². The Kier molecular flexibility index (Phi) is 2.13. The Morgan fingerprint density at radius 2 is 2.14 bits per heavy atom. The summed E-state index contributed by atoms with van der Waals surface area (Å²) in [5.41, 5.74) is 0.947. The average molecular weight is 192 g/mol. The third kappa shape index (κ3) is 1.33. The second kappa shape index (κ2) is 3.31. The minimum Gasteiger partial charge on any atom is -0.388 e.